The molecule has 3 rings (SSSR count). The highest BCUT2D eigenvalue weighted by molar-refractivity contribution is 5.94. The molecule has 0 saturated heterocycles. The molecule has 2 aromatic carbocycles. The predicted octanol–water partition coefficient (Wildman–Crippen LogP) is 3.70. The number of nitrogens with one attached hydrogen (secondary N) is 1. The minimum absolute atomic E-state index is 0.120. The molecule has 1 aromatic heterocycles. The molecule has 0 aliphatic rings. The maximum absolute atomic E-state index is 12.4. The molecule has 5 heteroatoms. The second kappa shape index (κ2) is 7.00. The normalized spacial score (nSPS) is 11.8. The zero-order valence-corrected chi connectivity index (χ0v) is 13.6. The van der Waals surface area contributed by atoms with Crippen molar-refractivity contribution in [2.75, 3.05) is 0 Å². The van der Waals surface area contributed by atoms with Gasteiger partial charge in [-0.15, -0.1) is 0 Å². The van der Waals surface area contributed by atoms with Gasteiger partial charge in [-0.3, -0.25) is 9.48 Å². The van der Waals surface area contributed by atoms with Gasteiger partial charge in [-0.05, 0) is 37.3 Å². The first-order chi connectivity index (χ1) is 11.6. The van der Waals surface area contributed by atoms with E-state index in [2.05, 4.69) is 10.4 Å². The summed E-state index contributed by atoms with van der Waals surface area (Å²) in [6.07, 6.45) is 3.64. The third-order valence-electron chi connectivity index (χ3n) is 3.65. The number of carbonyl (C=O) groups excluding carboxylic acids is 1. The highest BCUT2D eigenvalue weighted by Crippen LogP contribution is 2.22. The van der Waals surface area contributed by atoms with Gasteiger partial charge < -0.3 is 10.1 Å². The molecule has 1 amide bonds. The molecule has 0 saturated carbocycles. The Bertz CT molecular complexity index is 827. The minimum atomic E-state index is -0.148. The third kappa shape index (κ3) is 3.81. The standard InChI is InChI=1S/C19H19N3O2/c1-14(16-12-20-22(2)13-16)21-19(23)15-7-6-10-18(11-15)24-17-8-4-3-5-9-17/h3-14H,1-2H3,(H,21,23). The van der Waals surface area contributed by atoms with Gasteiger partial charge >= 0.3 is 0 Å². The number of ether oxygens (including phenoxy) is 1. The first-order valence-corrected chi connectivity index (χ1v) is 7.74. The van der Waals surface area contributed by atoms with Crippen molar-refractivity contribution in [2.24, 2.45) is 7.05 Å². The summed E-state index contributed by atoms with van der Waals surface area (Å²) >= 11 is 0. The summed E-state index contributed by atoms with van der Waals surface area (Å²) in [5.41, 5.74) is 1.52. The molecular weight excluding hydrogens is 302 g/mol. The Balaban J connectivity index is 1.70. The molecule has 0 aliphatic heterocycles. The summed E-state index contributed by atoms with van der Waals surface area (Å²) < 4.78 is 7.48. The van der Waals surface area contributed by atoms with Crippen LogP contribution in [-0.2, 0) is 7.05 Å². The second-order valence-corrected chi connectivity index (χ2v) is 5.59. The van der Waals surface area contributed by atoms with Crippen LogP contribution < -0.4 is 10.1 Å². The van der Waals surface area contributed by atoms with Crippen molar-refractivity contribution in [3.05, 3.63) is 78.1 Å². The molecule has 0 spiro atoms. The lowest BCUT2D eigenvalue weighted by molar-refractivity contribution is 0.0939. The van der Waals surface area contributed by atoms with Crippen LogP contribution in [0.15, 0.2) is 67.0 Å². The molecule has 1 unspecified atom stereocenters. The number of rotatable bonds is 5. The van der Waals surface area contributed by atoms with Crippen molar-refractivity contribution >= 4 is 5.91 Å². The molecule has 0 bridgehead atoms. The summed E-state index contributed by atoms with van der Waals surface area (Å²) in [6, 6.07) is 16.5. The quantitative estimate of drug-likeness (QED) is 0.779. The Morgan fingerprint density at radius 3 is 2.58 bits per heavy atom. The van der Waals surface area contributed by atoms with Crippen molar-refractivity contribution in [1.29, 1.82) is 0 Å². The number of benzene rings is 2. The fourth-order valence-electron chi connectivity index (χ4n) is 2.35. The molecule has 1 atom stereocenters. The van der Waals surface area contributed by atoms with Crippen LogP contribution in [0.5, 0.6) is 11.5 Å². The zero-order valence-electron chi connectivity index (χ0n) is 13.6. The van der Waals surface area contributed by atoms with E-state index < -0.39 is 0 Å². The second-order valence-electron chi connectivity index (χ2n) is 5.59. The summed E-state index contributed by atoms with van der Waals surface area (Å²) in [4.78, 5) is 12.4. The van der Waals surface area contributed by atoms with Crippen molar-refractivity contribution in [3.8, 4) is 11.5 Å². The Morgan fingerprint density at radius 1 is 1.12 bits per heavy atom. The van der Waals surface area contributed by atoms with Gasteiger partial charge in [-0.2, -0.15) is 5.10 Å². The minimum Gasteiger partial charge on any atom is -0.457 e. The highest BCUT2D eigenvalue weighted by Gasteiger charge is 2.13. The van der Waals surface area contributed by atoms with Gasteiger partial charge in [0, 0.05) is 24.4 Å². The number of amides is 1. The molecule has 5 nitrogen and oxygen atoms in total. The van der Waals surface area contributed by atoms with E-state index >= 15 is 0 Å². The van der Waals surface area contributed by atoms with Crippen molar-refractivity contribution in [1.82, 2.24) is 15.1 Å². The zero-order chi connectivity index (χ0) is 16.9. The fraction of sp³-hybridized carbons (Fsp3) is 0.158. The van der Waals surface area contributed by atoms with Gasteiger partial charge in [0.15, 0.2) is 0 Å². The lowest BCUT2D eigenvalue weighted by Gasteiger charge is -2.13. The monoisotopic (exact) mass is 321 g/mol. The lowest BCUT2D eigenvalue weighted by Crippen LogP contribution is -2.26. The van der Waals surface area contributed by atoms with Gasteiger partial charge in [0.2, 0.25) is 0 Å². The Kier molecular flexibility index (Phi) is 4.61. The maximum atomic E-state index is 12.4. The van der Waals surface area contributed by atoms with Crippen LogP contribution in [0.25, 0.3) is 0 Å². The molecule has 3 aromatic rings. The van der Waals surface area contributed by atoms with E-state index in [0.717, 1.165) is 11.3 Å². The van der Waals surface area contributed by atoms with E-state index in [1.165, 1.54) is 0 Å². The predicted molar refractivity (Wildman–Crippen MR) is 92.0 cm³/mol. The Labute approximate surface area is 140 Å². The van der Waals surface area contributed by atoms with Crippen LogP contribution in [0, 0.1) is 0 Å². The van der Waals surface area contributed by atoms with Gasteiger partial charge in [0.05, 0.1) is 12.2 Å². The molecule has 0 aliphatic carbocycles. The average molecular weight is 321 g/mol. The molecular formula is C19H19N3O2. The van der Waals surface area contributed by atoms with Gasteiger partial charge in [0.1, 0.15) is 11.5 Å². The van der Waals surface area contributed by atoms with E-state index in [1.807, 2.05) is 62.6 Å². The third-order valence-corrected chi connectivity index (χ3v) is 3.65. The average Bonchev–Trinajstić information content (AvgIpc) is 3.03. The summed E-state index contributed by atoms with van der Waals surface area (Å²) in [7, 11) is 1.85. The molecule has 1 heterocycles. The highest BCUT2D eigenvalue weighted by atomic mass is 16.5. The number of para-hydroxylation sites is 1. The number of hydrogen-bond donors (Lipinski definition) is 1. The van der Waals surface area contributed by atoms with Gasteiger partial charge in [-0.25, -0.2) is 0 Å². The van der Waals surface area contributed by atoms with Gasteiger partial charge in [-0.1, -0.05) is 24.3 Å². The van der Waals surface area contributed by atoms with E-state index in [4.69, 9.17) is 4.74 Å². The molecule has 0 fully saturated rings. The maximum Gasteiger partial charge on any atom is 0.251 e. The molecule has 122 valence electrons. The Morgan fingerprint density at radius 2 is 1.88 bits per heavy atom. The number of carbonyl (C=O) groups is 1. The number of aromatic nitrogens is 2. The van der Waals surface area contributed by atoms with Crippen molar-refractivity contribution < 1.29 is 9.53 Å². The first-order valence-electron chi connectivity index (χ1n) is 7.74. The Hall–Kier alpha value is -3.08. The van der Waals surface area contributed by atoms with Crippen LogP contribution >= 0.6 is 0 Å². The number of hydrogen-bond acceptors (Lipinski definition) is 3. The van der Waals surface area contributed by atoms with E-state index in [0.29, 0.717) is 11.3 Å². The van der Waals surface area contributed by atoms with Crippen LogP contribution in [0.3, 0.4) is 0 Å². The molecule has 0 radical (unpaired) electrons. The van der Waals surface area contributed by atoms with Crippen molar-refractivity contribution in [3.63, 3.8) is 0 Å². The number of nitrogens with zero attached hydrogens (tertiary/aromatic N) is 2. The SMILES string of the molecule is CC(NC(=O)c1cccc(Oc2ccccc2)c1)c1cnn(C)c1. The summed E-state index contributed by atoms with van der Waals surface area (Å²) in [6.45, 7) is 1.93. The number of aryl methyl sites for hydroxylation is 1. The summed E-state index contributed by atoms with van der Waals surface area (Å²) in [5.74, 6) is 1.21. The largest absolute Gasteiger partial charge is 0.457 e. The fourth-order valence-corrected chi connectivity index (χ4v) is 2.35. The van der Waals surface area contributed by atoms with E-state index in [1.54, 1.807) is 23.0 Å². The van der Waals surface area contributed by atoms with Crippen LogP contribution in [0.1, 0.15) is 28.9 Å². The first kappa shape index (κ1) is 15.8. The lowest BCUT2D eigenvalue weighted by atomic mass is 10.1. The molecule has 1 N–H and O–H groups in total. The van der Waals surface area contributed by atoms with E-state index in [-0.39, 0.29) is 11.9 Å². The van der Waals surface area contributed by atoms with Crippen LogP contribution in [0.4, 0.5) is 0 Å². The van der Waals surface area contributed by atoms with Gasteiger partial charge in [0.25, 0.3) is 5.91 Å². The smallest absolute Gasteiger partial charge is 0.251 e. The van der Waals surface area contributed by atoms with Crippen LogP contribution in [-0.4, -0.2) is 15.7 Å². The summed E-state index contributed by atoms with van der Waals surface area (Å²) in [5, 5.41) is 7.09. The van der Waals surface area contributed by atoms with Crippen molar-refractivity contribution in [2.45, 2.75) is 13.0 Å². The molecule has 24 heavy (non-hydrogen) atoms. The van der Waals surface area contributed by atoms with Crippen LogP contribution in [0.2, 0.25) is 0 Å². The topological polar surface area (TPSA) is 56.1 Å². The van der Waals surface area contributed by atoms with E-state index in [9.17, 15) is 4.79 Å².